The van der Waals surface area contributed by atoms with Gasteiger partial charge in [-0.05, 0) is 26.3 Å². The number of rotatable bonds is 8. The summed E-state index contributed by atoms with van der Waals surface area (Å²) < 4.78 is 0. The van der Waals surface area contributed by atoms with Gasteiger partial charge in [-0.2, -0.15) is 0 Å². The van der Waals surface area contributed by atoms with Crippen LogP contribution in [0.3, 0.4) is 0 Å². The van der Waals surface area contributed by atoms with E-state index in [0.717, 1.165) is 56.9 Å². The fraction of sp³-hybridized carbons (Fsp3) is 0.684. The van der Waals surface area contributed by atoms with Crippen molar-refractivity contribution in [3.05, 3.63) is 23.8 Å². The Bertz CT molecular complexity index is 468. The van der Waals surface area contributed by atoms with Crippen LogP contribution in [0.4, 0.5) is 5.69 Å². The van der Waals surface area contributed by atoms with Crippen LogP contribution in [0.2, 0.25) is 0 Å². The predicted octanol–water partition coefficient (Wildman–Crippen LogP) is 3.37. The second-order valence-corrected chi connectivity index (χ2v) is 6.36. The zero-order valence-electron chi connectivity index (χ0n) is 15.0. The van der Waals surface area contributed by atoms with Crippen LogP contribution in [0, 0.1) is 0 Å². The number of anilines is 1. The number of nitrogens with zero attached hydrogens (tertiary/aromatic N) is 2. The van der Waals surface area contributed by atoms with Crippen molar-refractivity contribution in [2.75, 3.05) is 44.2 Å². The highest BCUT2D eigenvalue weighted by atomic mass is 16.3. The van der Waals surface area contributed by atoms with Crippen LogP contribution in [0.1, 0.15) is 51.6 Å². The van der Waals surface area contributed by atoms with Gasteiger partial charge in [0.1, 0.15) is 5.75 Å². The summed E-state index contributed by atoms with van der Waals surface area (Å²) in [4.78, 5) is 4.80. The number of aromatic hydroxyl groups is 1. The van der Waals surface area contributed by atoms with Crippen LogP contribution < -0.4 is 10.2 Å². The van der Waals surface area contributed by atoms with Crippen molar-refractivity contribution in [2.24, 2.45) is 0 Å². The molecule has 0 aliphatic carbocycles. The third kappa shape index (κ3) is 4.61. The van der Waals surface area contributed by atoms with Crippen molar-refractivity contribution in [3.63, 3.8) is 0 Å². The summed E-state index contributed by atoms with van der Waals surface area (Å²) in [6.45, 7) is 12.7. The van der Waals surface area contributed by atoms with Crippen LogP contribution in [0.15, 0.2) is 18.2 Å². The Morgan fingerprint density at radius 1 is 1.17 bits per heavy atom. The maximum atomic E-state index is 10.7. The second-order valence-electron chi connectivity index (χ2n) is 6.36. The molecule has 0 radical (unpaired) electrons. The Morgan fingerprint density at radius 3 is 2.43 bits per heavy atom. The Balaban J connectivity index is 2.23. The monoisotopic (exact) mass is 319 g/mol. The summed E-state index contributed by atoms with van der Waals surface area (Å²) in [7, 11) is 0. The van der Waals surface area contributed by atoms with Gasteiger partial charge in [-0.1, -0.05) is 25.8 Å². The third-order valence-corrected chi connectivity index (χ3v) is 4.93. The number of nitrogens with one attached hydrogen (secondary N) is 1. The molecule has 0 unspecified atom stereocenters. The summed E-state index contributed by atoms with van der Waals surface area (Å²) in [5.74, 6) is 0.453. The topological polar surface area (TPSA) is 38.7 Å². The normalized spacial score (nSPS) is 17.2. The first-order valence-electron chi connectivity index (χ1n) is 9.23. The lowest BCUT2D eigenvalue weighted by Crippen LogP contribution is -2.45. The van der Waals surface area contributed by atoms with E-state index in [1.54, 1.807) is 0 Å². The summed E-state index contributed by atoms with van der Waals surface area (Å²) in [6.07, 6.45) is 3.52. The van der Waals surface area contributed by atoms with Crippen molar-refractivity contribution in [2.45, 2.75) is 46.1 Å². The Morgan fingerprint density at radius 2 is 1.87 bits per heavy atom. The van der Waals surface area contributed by atoms with E-state index in [1.807, 2.05) is 6.07 Å². The molecule has 1 aliphatic rings. The molecule has 1 aliphatic heterocycles. The first-order chi connectivity index (χ1) is 11.2. The fourth-order valence-electron chi connectivity index (χ4n) is 3.53. The highest BCUT2D eigenvalue weighted by Crippen LogP contribution is 2.35. The predicted molar refractivity (Wildman–Crippen MR) is 98.4 cm³/mol. The second kappa shape index (κ2) is 9.14. The lowest BCUT2D eigenvalue weighted by Gasteiger charge is -2.36. The SMILES string of the molecule is CCCC[C@H](c1ccc(N(CC)CC)cc1O)N1CCNCC1. The molecule has 0 aromatic heterocycles. The first kappa shape index (κ1) is 18.1. The molecule has 2 rings (SSSR count). The van der Waals surface area contributed by atoms with Crippen LogP contribution in [-0.4, -0.2) is 49.3 Å². The average Bonchev–Trinajstić information content (AvgIpc) is 2.59. The van der Waals surface area contributed by atoms with E-state index in [-0.39, 0.29) is 0 Å². The minimum Gasteiger partial charge on any atom is -0.508 e. The van der Waals surface area contributed by atoms with Gasteiger partial charge >= 0.3 is 0 Å². The third-order valence-electron chi connectivity index (χ3n) is 4.93. The molecule has 2 N–H and O–H groups in total. The van der Waals surface area contributed by atoms with Gasteiger partial charge in [0.25, 0.3) is 0 Å². The molecule has 23 heavy (non-hydrogen) atoms. The van der Waals surface area contributed by atoms with Gasteiger partial charge in [0.15, 0.2) is 0 Å². The van der Waals surface area contributed by atoms with Gasteiger partial charge in [0, 0.05) is 62.6 Å². The summed E-state index contributed by atoms with van der Waals surface area (Å²) >= 11 is 0. The molecule has 4 heteroatoms. The van der Waals surface area contributed by atoms with Crippen LogP contribution in [0.25, 0.3) is 0 Å². The van der Waals surface area contributed by atoms with Gasteiger partial charge in [-0.3, -0.25) is 4.90 Å². The van der Waals surface area contributed by atoms with Gasteiger partial charge in [0.05, 0.1) is 0 Å². The van der Waals surface area contributed by atoms with Crippen LogP contribution in [-0.2, 0) is 0 Å². The fourth-order valence-corrected chi connectivity index (χ4v) is 3.53. The number of unbranched alkanes of at least 4 members (excludes halogenated alkanes) is 1. The van der Waals surface area contributed by atoms with E-state index in [9.17, 15) is 5.11 Å². The number of benzene rings is 1. The van der Waals surface area contributed by atoms with Gasteiger partial charge in [-0.15, -0.1) is 0 Å². The van der Waals surface area contributed by atoms with Crippen molar-refractivity contribution < 1.29 is 5.11 Å². The summed E-state index contributed by atoms with van der Waals surface area (Å²) in [5, 5.41) is 14.1. The number of phenols is 1. The molecule has 1 atom stereocenters. The summed E-state index contributed by atoms with van der Waals surface area (Å²) in [6, 6.07) is 6.60. The van der Waals surface area contributed by atoms with Crippen LogP contribution in [0.5, 0.6) is 5.75 Å². The van der Waals surface area contributed by atoms with Gasteiger partial charge in [-0.25, -0.2) is 0 Å². The molecule has 1 saturated heterocycles. The number of hydrogen-bond acceptors (Lipinski definition) is 4. The van der Waals surface area contributed by atoms with E-state index >= 15 is 0 Å². The zero-order chi connectivity index (χ0) is 16.7. The Labute approximate surface area is 141 Å². The average molecular weight is 319 g/mol. The van der Waals surface area contributed by atoms with Gasteiger partial charge < -0.3 is 15.3 Å². The smallest absolute Gasteiger partial charge is 0.122 e. The summed E-state index contributed by atoms with van der Waals surface area (Å²) in [5.41, 5.74) is 2.21. The largest absolute Gasteiger partial charge is 0.508 e. The lowest BCUT2D eigenvalue weighted by atomic mass is 9.97. The van der Waals surface area contributed by atoms with Crippen molar-refractivity contribution in [1.82, 2.24) is 10.2 Å². The van der Waals surface area contributed by atoms with E-state index < -0.39 is 0 Å². The minimum absolute atomic E-state index is 0.336. The Kier molecular flexibility index (Phi) is 7.18. The van der Waals surface area contributed by atoms with E-state index in [1.165, 1.54) is 12.8 Å². The molecule has 0 amide bonds. The maximum absolute atomic E-state index is 10.7. The molecular weight excluding hydrogens is 286 g/mol. The first-order valence-corrected chi connectivity index (χ1v) is 9.23. The number of hydrogen-bond donors (Lipinski definition) is 2. The molecule has 1 heterocycles. The molecule has 4 nitrogen and oxygen atoms in total. The zero-order valence-corrected chi connectivity index (χ0v) is 15.0. The number of phenolic OH excluding ortho intramolecular Hbond substituents is 1. The standard InChI is InChI=1S/C19H33N3O/c1-4-7-8-18(22-13-11-20-12-14-22)17-10-9-16(15-19(17)23)21(5-2)6-3/h9-10,15,18,20,23H,4-8,11-14H2,1-3H3/t18-/m1/s1. The van der Waals surface area contributed by atoms with Crippen molar-refractivity contribution in [3.8, 4) is 5.75 Å². The van der Waals surface area contributed by atoms with Crippen molar-refractivity contribution >= 4 is 5.69 Å². The highest BCUT2D eigenvalue weighted by molar-refractivity contribution is 5.54. The van der Waals surface area contributed by atoms with E-state index in [4.69, 9.17) is 0 Å². The Hall–Kier alpha value is -1.26. The van der Waals surface area contributed by atoms with E-state index in [0.29, 0.717) is 11.8 Å². The molecule has 1 aromatic rings. The highest BCUT2D eigenvalue weighted by Gasteiger charge is 2.24. The minimum atomic E-state index is 0.336. The lowest BCUT2D eigenvalue weighted by molar-refractivity contribution is 0.160. The molecule has 130 valence electrons. The van der Waals surface area contributed by atoms with Crippen molar-refractivity contribution in [1.29, 1.82) is 0 Å². The van der Waals surface area contributed by atoms with E-state index in [2.05, 4.69) is 48.0 Å². The quantitative estimate of drug-likeness (QED) is 0.770. The molecule has 0 saturated carbocycles. The molecule has 1 fully saturated rings. The molecule has 0 bridgehead atoms. The molecular formula is C19H33N3O. The molecule has 0 spiro atoms. The molecule has 1 aromatic carbocycles. The maximum Gasteiger partial charge on any atom is 0.122 e. The number of piperazine rings is 1. The van der Waals surface area contributed by atoms with Crippen LogP contribution >= 0.6 is 0 Å². The van der Waals surface area contributed by atoms with Gasteiger partial charge in [0.2, 0.25) is 0 Å².